The van der Waals surface area contributed by atoms with Crippen LogP contribution in [0.25, 0.3) is 21.9 Å². The highest BCUT2D eigenvalue weighted by Crippen LogP contribution is 2.35. The zero-order valence-corrected chi connectivity index (χ0v) is 17.0. The standard InChI is InChI=1S/C26H28O3/c1-28-26(27)15-11-19-10-14-25(29-18-20-6-2-3-7-20)24(16-19)23-13-12-21-8-4-5-9-22(21)17-23/h4-5,8-10,12-14,16-17,20H,2-3,6-7,11,15,18H2,1H3. The molecule has 0 heterocycles. The Morgan fingerprint density at radius 2 is 1.76 bits per heavy atom. The van der Waals surface area contributed by atoms with Crippen LogP contribution < -0.4 is 4.74 Å². The minimum atomic E-state index is -0.182. The van der Waals surface area contributed by atoms with Crippen LogP contribution in [0.2, 0.25) is 0 Å². The molecule has 150 valence electrons. The first-order valence-electron chi connectivity index (χ1n) is 10.5. The summed E-state index contributed by atoms with van der Waals surface area (Å²) in [7, 11) is 1.43. The van der Waals surface area contributed by atoms with E-state index in [9.17, 15) is 4.79 Å². The molecule has 1 aliphatic carbocycles. The number of fused-ring (bicyclic) bond motifs is 1. The summed E-state index contributed by atoms with van der Waals surface area (Å²) in [6.07, 6.45) is 6.22. The lowest BCUT2D eigenvalue weighted by Crippen LogP contribution is -2.09. The Balaban J connectivity index is 1.64. The van der Waals surface area contributed by atoms with Gasteiger partial charge < -0.3 is 9.47 Å². The largest absolute Gasteiger partial charge is 0.493 e. The highest BCUT2D eigenvalue weighted by molar-refractivity contribution is 5.88. The molecule has 0 amide bonds. The number of rotatable bonds is 7. The van der Waals surface area contributed by atoms with Gasteiger partial charge >= 0.3 is 5.97 Å². The van der Waals surface area contributed by atoms with Crippen molar-refractivity contribution in [1.82, 2.24) is 0 Å². The second kappa shape index (κ2) is 9.13. The van der Waals surface area contributed by atoms with Gasteiger partial charge in [-0.3, -0.25) is 4.79 Å². The van der Waals surface area contributed by atoms with E-state index < -0.39 is 0 Å². The molecule has 0 atom stereocenters. The third-order valence-electron chi connectivity index (χ3n) is 5.90. The van der Waals surface area contributed by atoms with Crippen molar-refractivity contribution in [3.63, 3.8) is 0 Å². The van der Waals surface area contributed by atoms with Crippen molar-refractivity contribution in [2.24, 2.45) is 5.92 Å². The Morgan fingerprint density at radius 1 is 0.966 bits per heavy atom. The van der Waals surface area contributed by atoms with E-state index in [2.05, 4.69) is 60.7 Å². The summed E-state index contributed by atoms with van der Waals surface area (Å²) >= 11 is 0. The molecule has 4 rings (SSSR count). The molecule has 0 aliphatic heterocycles. The number of carbonyl (C=O) groups is 1. The number of hydrogen-bond donors (Lipinski definition) is 0. The SMILES string of the molecule is COC(=O)CCc1ccc(OCC2CCCC2)c(-c2ccc3ccccc3c2)c1. The number of ether oxygens (including phenoxy) is 2. The highest BCUT2D eigenvalue weighted by atomic mass is 16.5. The lowest BCUT2D eigenvalue weighted by Gasteiger charge is -2.16. The minimum Gasteiger partial charge on any atom is -0.493 e. The molecule has 0 unspecified atom stereocenters. The molecular formula is C26H28O3. The van der Waals surface area contributed by atoms with Crippen LogP contribution in [0.15, 0.2) is 60.7 Å². The topological polar surface area (TPSA) is 35.5 Å². The van der Waals surface area contributed by atoms with Crippen LogP contribution in [-0.2, 0) is 16.0 Å². The molecule has 3 aromatic carbocycles. The fourth-order valence-electron chi connectivity index (χ4n) is 4.17. The van der Waals surface area contributed by atoms with Gasteiger partial charge in [0.2, 0.25) is 0 Å². The molecule has 3 heteroatoms. The van der Waals surface area contributed by atoms with E-state index in [0.29, 0.717) is 18.8 Å². The molecule has 0 radical (unpaired) electrons. The molecule has 0 bridgehead atoms. The van der Waals surface area contributed by atoms with Crippen LogP contribution in [0.1, 0.15) is 37.7 Å². The monoisotopic (exact) mass is 388 g/mol. The maximum Gasteiger partial charge on any atom is 0.305 e. The lowest BCUT2D eigenvalue weighted by molar-refractivity contribution is -0.140. The average Bonchev–Trinajstić information content (AvgIpc) is 3.29. The molecular weight excluding hydrogens is 360 g/mol. The third kappa shape index (κ3) is 4.79. The maximum absolute atomic E-state index is 11.6. The predicted molar refractivity (Wildman–Crippen MR) is 117 cm³/mol. The van der Waals surface area contributed by atoms with Gasteiger partial charge in [0.25, 0.3) is 0 Å². The van der Waals surface area contributed by atoms with Gasteiger partial charge in [0.1, 0.15) is 5.75 Å². The van der Waals surface area contributed by atoms with Gasteiger partial charge in [-0.15, -0.1) is 0 Å². The van der Waals surface area contributed by atoms with Crippen LogP contribution >= 0.6 is 0 Å². The van der Waals surface area contributed by atoms with E-state index in [1.165, 1.54) is 43.6 Å². The van der Waals surface area contributed by atoms with Gasteiger partial charge in [-0.1, -0.05) is 55.3 Å². The van der Waals surface area contributed by atoms with Gasteiger partial charge in [0.05, 0.1) is 13.7 Å². The van der Waals surface area contributed by atoms with Crippen molar-refractivity contribution in [2.75, 3.05) is 13.7 Å². The van der Waals surface area contributed by atoms with E-state index >= 15 is 0 Å². The summed E-state index contributed by atoms with van der Waals surface area (Å²) in [5.74, 6) is 1.41. The van der Waals surface area contributed by atoms with E-state index in [0.717, 1.165) is 29.0 Å². The molecule has 0 spiro atoms. The zero-order chi connectivity index (χ0) is 20.1. The summed E-state index contributed by atoms with van der Waals surface area (Å²) in [6.45, 7) is 0.780. The predicted octanol–water partition coefficient (Wildman–Crippen LogP) is 6.18. The fraction of sp³-hybridized carbons (Fsp3) is 0.346. The Morgan fingerprint density at radius 3 is 2.55 bits per heavy atom. The average molecular weight is 389 g/mol. The third-order valence-corrected chi connectivity index (χ3v) is 5.90. The molecule has 1 aliphatic rings. The van der Waals surface area contributed by atoms with Gasteiger partial charge in [-0.05, 0) is 65.3 Å². The van der Waals surface area contributed by atoms with E-state index in [1.54, 1.807) is 0 Å². The molecule has 1 saturated carbocycles. The zero-order valence-electron chi connectivity index (χ0n) is 17.0. The molecule has 3 nitrogen and oxygen atoms in total. The van der Waals surface area contributed by atoms with E-state index in [1.807, 2.05) is 0 Å². The van der Waals surface area contributed by atoms with Crippen molar-refractivity contribution in [2.45, 2.75) is 38.5 Å². The summed E-state index contributed by atoms with van der Waals surface area (Å²) < 4.78 is 11.1. The van der Waals surface area contributed by atoms with Gasteiger partial charge in [0, 0.05) is 12.0 Å². The Kier molecular flexibility index (Phi) is 6.14. The van der Waals surface area contributed by atoms with Gasteiger partial charge in [0.15, 0.2) is 0 Å². The molecule has 29 heavy (non-hydrogen) atoms. The second-order valence-electron chi connectivity index (χ2n) is 7.93. The number of methoxy groups -OCH3 is 1. The summed E-state index contributed by atoms with van der Waals surface area (Å²) in [5, 5.41) is 2.44. The van der Waals surface area contributed by atoms with Crippen molar-refractivity contribution in [1.29, 1.82) is 0 Å². The molecule has 3 aromatic rings. The highest BCUT2D eigenvalue weighted by Gasteiger charge is 2.17. The Hall–Kier alpha value is -2.81. The van der Waals surface area contributed by atoms with E-state index in [4.69, 9.17) is 9.47 Å². The van der Waals surface area contributed by atoms with Crippen molar-refractivity contribution in [3.05, 3.63) is 66.2 Å². The smallest absolute Gasteiger partial charge is 0.305 e. The van der Waals surface area contributed by atoms with Crippen molar-refractivity contribution < 1.29 is 14.3 Å². The van der Waals surface area contributed by atoms with Crippen LogP contribution in [0.5, 0.6) is 5.75 Å². The first kappa shape index (κ1) is 19.5. The molecule has 0 aromatic heterocycles. The van der Waals surface area contributed by atoms with Crippen LogP contribution in [0.3, 0.4) is 0 Å². The second-order valence-corrected chi connectivity index (χ2v) is 7.93. The maximum atomic E-state index is 11.6. The molecule has 1 fully saturated rings. The number of esters is 1. The normalized spacial score (nSPS) is 14.2. The number of hydrogen-bond acceptors (Lipinski definition) is 3. The van der Waals surface area contributed by atoms with Crippen LogP contribution in [0, 0.1) is 5.92 Å². The number of aryl methyl sites for hydroxylation is 1. The van der Waals surface area contributed by atoms with Gasteiger partial charge in [-0.25, -0.2) is 0 Å². The Bertz CT molecular complexity index is 986. The molecule has 0 saturated heterocycles. The quantitative estimate of drug-likeness (QED) is 0.453. The first-order valence-corrected chi connectivity index (χ1v) is 10.5. The van der Waals surface area contributed by atoms with Crippen LogP contribution in [0.4, 0.5) is 0 Å². The summed E-state index contributed by atoms with van der Waals surface area (Å²) in [5.41, 5.74) is 3.35. The number of benzene rings is 3. The van der Waals surface area contributed by atoms with Crippen molar-refractivity contribution in [3.8, 4) is 16.9 Å². The summed E-state index contributed by atoms with van der Waals surface area (Å²) in [4.78, 5) is 11.6. The summed E-state index contributed by atoms with van der Waals surface area (Å²) in [6, 6.07) is 21.2. The van der Waals surface area contributed by atoms with Crippen molar-refractivity contribution >= 4 is 16.7 Å². The molecule has 0 N–H and O–H groups in total. The first-order chi connectivity index (χ1) is 14.2. The van der Waals surface area contributed by atoms with Gasteiger partial charge in [-0.2, -0.15) is 0 Å². The Labute approximate surface area is 172 Å². The van der Waals surface area contributed by atoms with Crippen LogP contribution in [-0.4, -0.2) is 19.7 Å². The fourth-order valence-corrected chi connectivity index (χ4v) is 4.17. The number of carbonyl (C=O) groups excluding carboxylic acids is 1. The lowest BCUT2D eigenvalue weighted by atomic mass is 9.97. The minimum absolute atomic E-state index is 0.182. The van der Waals surface area contributed by atoms with E-state index in [-0.39, 0.29) is 5.97 Å².